The molecule has 1 aliphatic rings. The third kappa shape index (κ3) is 8.42. The number of hydrogen-bond acceptors (Lipinski definition) is 4. The van der Waals surface area contributed by atoms with Crippen LogP contribution in [0.3, 0.4) is 0 Å². The Labute approximate surface area is 126 Å². The summed E-state index contributed by atoms with van der Waals surface area (Å²) >= 11 is 0. The fraction of sp³-hybridized carbons (Fsp3) is 0.867. The first kappa shape index (κ1) is 17.6. The quantitative estimate of drug-likeness (QED) is 0.837. The molecule has 0 saturated heterocycles. The SMILES string of the molecule is CC(C)(C)OC(=O)NC[C@H](NC(=O)OC(C)(C)C)C1CC1. The molecule has 0 spiro atoms. The Bertz CT molecular complexity index is 378. The van der Waals surface area contributed by atoms with Gasteiger partial charge < -0.3 is 20.1 Å². The van der Waals surface area contributed by atoms with Gasteiger partial charge in [0.1, 0.15) is 11.2 Å². The molecule has 1 fully saturated rings. The number of ether oxygens (including phenoxy) is 2. The molecule has 0 radical (unpaired) electrons. The van der Waals surface area contributed by atoms with Gasteiger partial charge in [0.2, 0.25) is 0 Å². The molecule has 6 nitrogen and oxygen atoms in total. The number of carbonyl (C=O) groups is 2. The van der Waals surface area contributed by atoms with Gasteiger partial charge in [-0.2, -0.15) is 0 Å². The lowest BCUT2D eigenvalue weighted by molar-refractivity contribution is 0.0457. The van der Waals surface area contributed by atoms with E-state index in [1.54, 1.807) is 0 Å². The molecule has 0 aromatic rings. The highest BCUT2D eigenvalue weighted by atomic mass is 16.6. The average molecular weight is 300 g/mol. The van der Waals surface area contributed by atoms with E-state index in [1.807, 2.05) is 41.5 Å². The van der Waals surface area contributed by atoms with Gasteiger partial charge in [-0.25, -0.2) is 9.59 Å². The van der Waals surface area contributed by atoms with Crippen LogP contribution >= 0.6 is 0 Å². The molecule has 21 heavy (non-hydrogen) atoms. The van der Waals surface area contributed by atoms with Crippen LogP contribution in [-0.4, -0.2) is 36.0 Å². The van der Waals surface area contributed by atoms with Crippen molar-refractivity contribution >= 4 is 12.2 Å². The van der Waals surface area contributed by atoms with E-state index in [1.165, 1.54) is 0 Å². The summed E-state index contributed by atoms with van der Waals surface area (Å²) in [6, 6.07) is -0.118. The van der Waals surface area contributed by atoms with E-state index >= 15 is 0 Å². The van der Waals surface area contributed by atoms with Crippen molar-refractivity contribution < 1.29 is 19.1 Å². The Balaban J connectivity index is 2.41. The van der Waals surface area contributed by atoms with Gasteiger partial charge in [-0.15, -0.1) is 0 Å². The van der Waals surface area contributed by atoms with E-state index in [4.69, 9.17) is 9.47 Å². The highest BCUT2D eigenvalue weighted by Gasteiger charge is 2.34. The second-order valence-electron chi connectivity index (χ2n) is 7.47. The summed E-state index contributed by atoms with van der Waals surface area (Å²) in [4.78, 5) is 23.4. The molecule has 1 atom stereocenters. The van der Waals surface area contributed by atoms with Gasteiger partial charge >= 0.3 is 12.2 Å². The van der Waals surface area contributed by atoms with E-state index in [-0.39, 0.29) is 6.04 Å². The standard InChI is InChI=1S/C15H28N2O4/c1-14(2,3)20-12(18)16-9-11(10-7-8-10)17-13(19)21-15(4,5)6/h10-11H,7-9H2,1-6H3,(H,16,18)(H,17,19)/t11-/m0/s1. The zero-order valence-corrected chi connectivity index (χ0v) is 13.9. The lowest BCUT2D eigenvalue weighted by Crippen LogP contribution is -2.47. The predicted molar refractivity (Wildman–Crippen MR) is 80.1 cm³/mol. The van der Waals surface area contributed by atoms with Gasteiger partial charge in [0.15, 0.2) is 0 Å². The molecule has 0 bridgehead atoms. The second-order valence-corrected chi connectivity index (χ2v) is 7.47. The lowest BCUT2D eigenvalue weighted by atomic mass is 10.2. The van der Waals surface area contributed by atoms with Crippen molar-refractivity contribution in [3.63, 3.8) is 0 Å². The van der Waals surface area contributed by atoms with E-state index in [2.05, 4.69) is 10.6 Å². The molecule has 1 aliphatic carbocycles. The maximum absolute atomic E-state index is 11.8. The Morgan fingerprint density at radius 2 is 1.48 bits per heavy atom. The summed E-state index contributed by atoms with van der Waals surface area (Å²) in [6.45, 7) is 11.2. The van der Waals surface area contributed by atoms with Crippen LogP contribution in [0.2, 0.25) is 0 Å². The highest BCUT2D eigenvalue weighted by Crippen LogP contribution is 2.32. The molecular weight excluding hydrogens is 272 g/mol. The number of amides is 2. The summed E-state index contributed by atoms with van der Waals surface area (Å²) in [5, 5.41) is 5.52. The molecule has 6 heteroatoms. The normalized spacial score (nSPS) is 16.9. The van der Waals surface area contributed by atoms with Crippen LogP contribution in [0.4, 0.5) is 9.59 Å². The molecule has 0 aromatic carbocycles. The average Bonchev–Trinajstić information content (AvgIpc) is 3.02. The number of rotatable bonds is 4. The zero-order chi connectivity index (χ0) is 16.3. The number of nitrogens with one attached hydrogen (secondary N) is 2. The summed E-state index contributed by atoms with van der Waals surface area (Å²) in [5.41, 5.74) is -1.06. The fourth-order valence-corrected chi connectivity index (χ4v) is 1.80. The smallest absolute Gasteiger partial charge is 0.407 e. The molecule has 0 heterocycles. The van der Waals surface area contributed by atoms with Crippen LogP contribution in [0.1, 0.15) is 54.4 Å². The maximum Gasteiger partial charge on any atom is 0.407 e. The minimum absolute atomic E-state index is 0.118. The summed E-state index contributed by atoms with van der Waals surface area (Å²) < 4.78 is 10.4. The molecular formula is C15H28N2O4. The van der Waals surface area contributed by atoms with Crippen molar-refractivity contribution in [3.8, 4) is 0 Å². The summed E-state index contributed by atoms with van der Waals surface area (Å²) in [5.74, 6) is 0.396. The Hall–Kier alpha value is -1.46. The topological polar surface area (TPSA) is 76.7 Å². The Morgan fingerprint density at radius 3 is 1.90 bits per heavy atom. The summed E-state index contributed by atoms with van der Waals surface area (Å²) in [6.07, 6.45) is 1.18. The van der Waals surface area contributed by atoms with Crippen LogP contribution in [0, 0.1) is 5.92 Å². The Morgan fingerprint density at radius 1 is 1.00 bits per heavy atom. The van der Waals surface area contributed by atoms with Gasteiger partial charge in [0.05, 0.1) is 6.04 Å². The molecule has 2 N–H and O–H groups in total. The largest absolute Gasteiger partial charge is 0.444 e. The lowest BCUT2D eigenvalue weighted by Gasteiger charge is -2.25. The van der Waals surface area contributed by atoms with E-state index in [9.17, 15) is 9.59 Å². The van der Waals surface area contributed by atoms with Gasteiger partial charge in [-0.1, -0.05) is 0 Å². The first-order chi connectivity index (χ1) is 9.46. The third-order valence-electron chi connectivity index (χ3n) is 2.76. The van der Waals surface area contributed by atoms with E-state index < -0.39 is 23.4 Å². The van der Waals surface area contributed by atoms with Gasteiger partial charge in [0, 0.05) is 6.54 Å². The van der Waals surface area contributed by atoms with Crippen LogP contribution in [-0.2, 0) is 9.47 Å². The number of alkyl carbamates (subject to hydrolysis) is 2. The maximum atomic E-state index is 11.8. The number of carbonyl (C=O) groups excluding carboxylic acids is 2. The zero-order valence-electron chi connectivity index (χ0n) is 13.9. The Kier molecular flexibility index (Phi) is 5.48. The number of hydrogen-bond donors (Lipinski definition) is 2. The summed E-state index contributed by atoms with van der Waals surface area (Å²) in [7, 11) is 0. The molecule has 0 unspecified atom stereocenters. The monoisotopic (exact) mass is 300 g/mol. The molecule has 1 saturated carbocycles. The van der Waals surface area contributed by atoms with Crippen LogP contribution < -0.4 is 10.6 Å². The van der Waals surface area contributed by atoms with Crippen molar-refractivity contribution in [1.29, 1.82) is 0 Å². The van der Waals surface area contributed by atoms with E-state index in [0.29, 0.717) is 12.5 Å². The molecule has 0 aliphatic heterocycles. The van der Waals surface area contributed by atoms with Crippen LogP contribution in [0.25, 0.3) is 0 Å². The third-order valence-corrected chi connectivity index (χ3v) is 2.76. The molecule has 122 valence electrons. The van der Waals surface area contributed by atoms with Crippen molar-refractivity contribution in [2.45, 2.75) is 71.6 Å². The van der Waals surface area contributed by atoms with Crippen LogP contribution in [0.15, 0.2) is 0 Å². The van der Waals surface area contributed by atoms with Crippen molar-refractivity contribution in [3.05, 3.63) is 0 Å². The van der Waals surface area contributed by atoms with E-state index in [0.717, 1.165) is 12.8 Å². The fourth-order valence-electron chi connectivity index (χ4n) is 1.80. The van der Waals surface area contributed by atoms with Crippen molar-refractivity contribution in [1.82, 2.24) is 10.6 Å². The minimum atomic E-state index is -0.531. The van der Waals surface area contributed by atoms with Crippen molar-refractivity contribution in [2.75, 3.05) is 6.54 Å². The molecule has 0 aromatic heterocycles. The van der Waals surface area contributed by atoms with Gasteiger partial charge in [-0.3, -0.25) is 0 Å². The first-order valence-corrected chi connectivity index (χ1v) is 7.43. The predicted octanol–water partition coefficient (Wildman–Crippen LogP) is 2.81. The molecule has 2 amide bonds. The van der Waals surface area contributed by atoms with Gasteiger partial charge in [-0.05, 0) is 60.3 Å². The first-order valence-electron chi connectivity index (χ1n) is 7.43. The molecule has 1 rings (SSSR count). The van der Waals surface area contributed by atoms with Gasteiger partial charge in [0.25, 0.3) is 0 Å². The highest BCUT2D eigenvalue weighted by molar-refractivity contribution is 5.69. The second kappa shape index (κ2) is 6.54. The van der Waals surface area contributed by atoms with Crippen LogP contribution in [0.5, 0.6) is 0 Å². The van der Waals surface area contributed by atoms with Crippen molar-refractivity contribution in [2.24, 2.45) is 5.92 Å². The minimum Gasteiger partial charge on any atom is -0.444 e.